The van der Waals surface area contributed by atoms with Crippen molar-refractivity contribution >= 4 is 43.7 Å². The molecule has 1 N–H and O–H groups in total. The monoisotopic (exact) mass is 391 g/mol. The highest BCUT2D eigenvalue weighted by molar-refractivity contribution is 7.22. The minimum absolute atomic E-state index is 0.586. The predicted molar refractivity (Wildman–Crippen MR) is 117 cm³/mol. The second-order valence-electron chi connectivity index (χ2n) is 6.08. The van der Waals surface area contributed by atoms with Crippen LogP contribution in [0.15, 0.2) is 59.7 Å². The lowest BCUT2D eigenvalue weighted by molar-refractivity contribution is 0.339. The Bertz CT molecular complexity index is 1100. The van der Waals surface area contributed by atoms with Crippen LogP contribution < -0.4 is 14.9 Å². The molecule has 0 atom stereocenters. The molecule has 6 heteroatoms. The number of nitrogens with one attached hydrogen (secondary N) is 1. The molecule has 0 saturated carbocycles. The number of benzene rings is 3. The topological polar surface area (TPSA) is 55.7 Å². The number of hydrogen-bond donors (Lipinski definition) is 1. The number of anilines is 1. The van der Waals surface area contributed by atoms with E-state index in [1.807, 2.05) is 62.4 Å². The second kappa shape index (κ2) is 8.27. The lowest BCUT2D eigenvalue weighted by atomic mass is 10.0. The van der Waals surface area contributed by atoms with E-state index in [2.05, 4.69) is 21.6 Å². The van der Waals surface area contributed by atoms with Gasteiger partial charge in [-0.3, -0.25) is 5.43 Å². The first-order valence-corrected chi connectivity index (χ1v) is 10.1. The molecule has 0 bridgehead atoms. The fraction of sp³-hybridized carbons (Fsp3) is 0.182. The first-order chi connectivity index (χ1) is 13.8. The van der Waals surface area contributed by atoms with Gasteiger partial charge in [-0.1, -0.05) is 35.6 Å². The summed E-state index contributed by atoms with van der Waals surface area (Å²) in [7, 11) is 0. The molecule has 0 aliphatic heterocycles. The highest BCUT2D eigenvalue weighted by Gasteiger charge is 2.09. The molecule has 0 amide bonds. The van der Waals surface area contributed by atoms with Crippen LogP contribution in [-0.4, -0.2) is 24.4 Å². The Balaban J connectivity index is 1.68. The highest BCUT2D eigenvalue weighted by atomic mass is 32.1. The lowest BCUT2D eigenvalue weighted by Gasteiger charge is -2.11. The molecule has 3 aromatic carbocycles. The zero-order valence-corrected chi connectivity index (χ0v) is 16.6. The number of hydrogen-bond acceptors (Lipinski definition) is 6. The summed E-state index contributed by atoms with van der Waals surface area (Å²) in [5, 5.41) is 7.32. The number of nitrogens with zero attached hydrogens (tertiary/aromatic N) is 2. The van der Waals surface area contributed by atoms with Crippen LogP contribution in [0.4, 0.5) is 5.13 Å². The Morgan fingerprint density at radius 3 is 2.68 bits per heavy atom. The van der Waals surface area contributed by atoms with E-state index in [1.165, 1.54) is 0 Å². The van der Waals surface area contributed by atoms with E-state index >= 15 is 0 Å². The Kier molecular flexibility index (Phi) is 5.39. The maximum Gasteiger partial charge on any atom is 0.204 e. The molecule has 1 heterocycles. The van der Waals surface area contributed by atoms with Gasteiger partial charge in [-0.25, -0.2) is 4.98 Å². The summed E-state index contributed by atoms with van der Waals surface area (Å²) in [5.41, 5.74) is 4.92. The quantitative estimate of drug-likeness (QED) is 0.325. The number of rotatable bonds is 7. The average molecular weight is 391 g/mol. The van der Waals surface area contributed by atoms with Crippen LogP contribution in [0.3, 0.4) is 0 Å². The van der Waals surface area contributed by atoms with Crippen molar-refractivity contribution in [1.82, 2.24) is 4.98 Å². The number of fused-ring (bicyclic) bond motifs is 2. The van der Waals surface area contributed by atoms with E-state index in [-0.39, 0.29) is 0 Å². The van der Waals surface area contributed by atoms with Crippen LogP contribution in [0.1, 0.15) is 19.4 Å². The number of para-hydroxylation sites is 1. The van der Waals surface area contributed by atoms with E-state index in [4.69, 9.17) is 9.47 Å². The summed E-state index contributed by atoms with van der Waals surface area (Å²) in [6.45, 7) is 5.16. The molecule has 0 radical (unpaired) electrons. The van der Waals surface area contributed by atoms with Gasteiger partial charge in [0.1, 0.15) is 11.5 Å². The summed E-state index contributed by atoms with van der Waals surface area (Å²) in [4.78, 5) is 4.55. The van der Waals surface area contributed by atoms with E-state index < -0.39 is 0 Å². The third-order valence-electron chi connectivity index (χ3n) is 4.25. The number of hydrazone groups is 1. The number of thiazole rings is 1. The zero-order valence-electron chi connectivity index (χ0n) is 15.8. The van der Waals surface area contributed by atoms with Gasteiger partial charge in [-0.05, 0) is 55.0 Å². The van der Waals surface area contributed by atoms with Gasteiger partial charge >= 0.3 is 0 Å². The fourth-order valence-electron chi connectivity index (χ4n) is 3.05. The minimum atomic E-state index is 0.586. The van der Waals surface area contributed by atoms with Crippen LogP contribution in [-0.2, 0) is 0 Å². The van der Waals surface area contributed by atoms with Crippen molar-refractivity contribution in [2.45, 2.75) is 13.8 Å². The number of aromatic nitrogens is 1. The Hall–Kier alpha value is -3.12. The van der Waals surface area contributed by atoms with Crippen LogP contribution >= 0.6 is 11.3 Å². The number of ether oxygens (including phenoxy) is 2. The van der Waals surface area contributed by atoms with Crippen molar-refractivity contribution in [2.24, 2.45) is 5.10 Å². The highest BCUT2D eigenvalue weighted by Crippen LogP contribution is 2.30. The molecule has 4 aromatic rings. The van der Waals surface area contributed by atoms with Gasteiger partial charge < -0.3 is 9.47 Å². The molecule has 0 fully saturated rings. The SMILES string of the molecule is CCOc1ccc2ccc(OCC)c(C=NNc3nc4ccccc4s3)c2c1. The predicted octanol–water partition coefficient (Wildman–Crippen LogP) is 5.69. The van der Waals surface area contributed by atoms with E-state index in [0.29, 0.717) is 13.2 Å². The van der Waals surface area contributed by atoms with Gasteiger partial charge in [0, 0.05) is 5.56 Å². The van der Waals surface area contributed by atoms with E-state index in [0.717, 1.165) is 43.2 Å². The lowest BCUT2D eigenvalue weighted by Crippen LogP contribution is -1.99. The van der Waals surface area contributed by atoms with E-state index in [1.54, 1.807) is 17.6 Å². The van der Waals surface area contributed by atoms with Crippen molar-refractivity contribution in [3.8, 4) is 11.5 Å². The van der Waals surface area contributed by atoms with Gasteiger partial charge in [0.2, 0.25) is 5.13 Å². The molecule has 4 rings (SSSR count). The second-order valence-corrected chi connectivity index (χ2v) is 7.11. The zero-order chi connectivity index (χ0) is 19.3. The molecular formula is C22H21N3O2S. The maximum absolute atomic E-state index is 5.82. The third-order valence-corrected chi connectivity index (χ3v) is 5.19. The molecule has 5 nitrogen and oxygen atoms in total. The van der Waals surface area contributed by atoms with Crippen molar-refractivity contribution in [1.29, 1.82) is 0 Å². The van der Waals surface area contributed by atoms with Gasteiger partial charge in [-0.15, -0.1) is 0 Å². The first kappa shape index (κ1) is 18.3. The molecule has 28 heavy (non-hydrogen) atoms. The third kappa shape index (κ3) is 3.77. The van der Waals surface area contributed by atoms with E-state index in [9.17, 15) is 0 Å². The van der Waals surface area contributed by atoms with Crippen LogP contribution in [0, 0.1) is 0 Å². The van der Waals surface area contributed by atoms with Crippen molar-refractivity contribution in [2.75, 3.05) is 18.6 Å². The maximum atomic E-state index is 5.82. The molecule has 0 saturated heterocycles. The molecule has 0 aliphatic carbocycles. The van der Waals surface area contributed by atoms with Crippen molar-refractivity contribution < 1.29 is 9.47 Å². The summed E-state index contributed by atoms with van der Waals surface area (Å²) in [5.74, 6) is 1.62. The smallest absolute Gasteiger partial charge is 0.204 e. The van der Waals surface area contributed by atoms with Gasteiger partial charge in [-0.2, -0.15) is 5.10 Å². The summed E-state index contributed by atoms with van der Waals surface area (Å²) >= 11 is 1.57. The van der Waals surface area contributed by atoms with Crippen LogP contribution in [0.5, 0.6) is 11.5 Å². The molecule has 0 unspecified atom stereocenters. The van der Waals surface area contributed by atoms with Crippen molar-refractivity contribution in [3.63, 3.8) is 0 Å². The standard InChI is InChI=1S/C22H21N3O2S/c1-3-26-16-11-9-15-10-12-20(27-4-2)18(17(15)13-16)14-23-25-22-24-19-7-5-6-8-21(19)28-22/h5-14H,3-4H2,1-2H3,(H,24,25). The molecule has 0 spiro atoms. The molecule has 0 aliphatic rings. The summed E-state index contributed by atoms with van der Waals surface area (Å²) in [6.07, 6.45) is 1.79. The average Bonchev–Trinajstić information content (AvgIpc) is 3.12. The fourth-order valence-corrected chi connectivity index (χ4v) is 3.86. The van der Waals surface area contributed by atoms with Crippen molar-refractivity contribution in [3.05, 3.63) is 60.2 Å². The molecule has 1 aromatic heterocycles. The normalized spacial score (nSPS) is 11.4. The minimum Gasteiger partial charge on any atom is -0.494 e. The largest absolute Gasteiger partial charge is 0.494 e. The first-order valence-electron chi connectivity index (χ1n) is 9.25. The van der Waals surface area contributed by atoms with Crippen LogP contribution in [0.25, 0.3) is 21.0 Å². The Morgan fingerprint density at radius 1 is 1.04 bits per heavy atom. The summed E-state index contributed by atoms with van der Waals surface area (Å²) < 4.78 is 12.6. The van der Waals surface area contributed by atoms with Gasteiger partial charge in [0.15, 0.2) is 0 Å². The van der Waals surface area contributed by atoms with Gasteiger partial charge in [0.05, 0.1) is 29.6 Å². The Labute approximate surface area is 167 Å². The van der Waals surface area contributed by atoms with Crippen LogP contribution in [0.2, 0.25) is 0 Å². The molecule has 142 valence electrons. The summed E-state index contributed by atoms with van der Waals surface area (Å²) in [6, 6.07) is 18.1. The Morgan fingerprint density at radius 2 is 1.86 bits per heavy atom. The van der Waals surface area contributed by atoms with Gasteiger partial charge in [0.25, 0.3) is 0 Å². The molecular weight excluding hydrogens is 370 g/mol.